The van der Waals surface area contributed by atoms with E-state index in [1.807, 2.05) is 11.4 Å². The van der Waals surface area contributed by atoms with Gasteiger partial charge in [0.15, 0.2) is 5.95 Å². The molecule has 0 fully saturated rings. The lowest BCUT2D eigenvalue weighted by molar-refractivity contribution is 1.33. The minimum Gasteiger partial charge on any atom is -0.369 e. The van der Waals surface area contributed by atoms with E-state index in [9.17, 15) is 0 Å². The number of aromatic nitrogens is 2. The van der Waals surface area contributed by atoms with Gasteiger partial charge >= 0.3 is 0 Å². The first-order valence-electron chi connectivity index (χ1n) is 3.31. The molecule has 0 atom stereocenters. The summed E-state index contributed by atoms with van der Waals surface area (Å²) in [5, 5.41) is 2.65. The number of nitrogens with two attached hydrogens (primary N) is 1. The maximum absolute atomic E-state index is 5.91. The van der Waals surface area contributed by atoms with E-state index in [1.54, 1.807) is 17.5 Å². The van der Waals surface area contributed by atoms with Crippen molar-refractivity contribution in [1.82, 2.24) is 9.97 Å². The van der Waals surface area contributed by atoms with Gasteiger partial charge in [-0.1, -0.05) is 11.6 Å². The van der Waals surface area contributed by atoms with Crippen LogP contribution in [0.15, 0.2) is 17.6 Å². The Hall–Kier alpha value is -1.00. The molecule has 0 aliphatic heterocycles. The van der Waals surface area contributed by atoms with Crippen molar-refractivity contribution < 1.29 is 0 Å². The summed E-state index contributed by atoms with van der Waals surface area (Å²) in [4.78, 5) is 7.77. The van der Waals surface area contributed by atoms with E-state index >= 15 is 0 Å². The lowest BCUT2D eigenvalue weighted by Crippen LogP contribution is -1.84. The molecule has 5 heteroatoms. The van der Waals surface area contributed by atoms with Gasteiger partial charge in [0.05, 0.1) is 21.8 Å². The first-order chi connectivity index (χ1) is 5.77. The van der Waals surface area contributed by atoms with Crippen LogP contribution in [0.5, 0.6) is 0 Å². The van der Waals surface area contributed by atoms with E-state index in [-0.39, 0.29) is 0 Å². The summed E-state index contributed by atoms with van der Waals surface area (Å²) in [6.07, 6.45) is 1.67. The average molecular weight is 200 g/mol. The fraction of sp³-hybridized carbons (Fsp3) is 0. The van der Waals surface area contributed by atoms with E-state index < -0.39 is 0 Å². The molecule has 0 aromatic carbocycles. The van der Waals surface area contributed by atoms with Crippen LogP contribution < -0.4 is 5.73 Å². The van der Waals surface area contributed by atoms with E-state index in [0.29, 0.717) is 5.95 Å². The van der Waals surface area contributed by atoms with Crippen LogP contribution in [0.1, 0.15) is 0 Å². The maximum Gasteiger partial charge on any atom is 0.197 e. The van der Waals surface area contributed by atoms with Gasteiger partial charge in [-0.05, 0) is 11.4 Å². The van der Waals surface area contributed by atoms with Crippen molar-refractivity contribution in [3.05, 3.63) is 22.7 Å². The highest BCUT2D eigenvalue weighted by atomic mass is 35.5. The van der Waals surface area contributed by atoms with Gasteiger partial charge in [-0.2, -0.15) is 0 Å². The van der Waals surface area contributed by atoms with Crippen LogP contribution in [0.4, 0.5) is 5.95 Å². The molecular weight excluding hydrogens is 194 g/mol. The first-order valence-corrected chi connectivity index (χ1v) is 4.57. The second-order valence-corrected chi connectivity index (χ2v) is 3.60. The van der Waals surface area contributed by atoms with Crippen molar-refractivity contribution in [1.29, 1.82) is 0 Å². The van der Waals surface area contributed by atoms with Crippen LogP contribution in [-0.2, 0) is 0 Å². The van der Waals surface area contributed by atoms with Gasteiger partial charge in [-0.3, -0.25) is 0 Å². The molecule has 3 nitrogen and oxygen atoms in total. The van der Waals surface area contributed by atoms with Crippen LogP contribution in [0.2, 0.25) is 5.02 Å². The van der Waals surface area contributed by atoms with Crippen LogP contribution in [-0.4, -0.2) is 9.97 Å². The minimum absolute atomic E-state index is 0.412. The summed E-state index contributed by atoms with van der Waals surface area (Å²) < 4.78 is 0. The standard InChI is InChI=1S/C7H6ClN3S/c8-4-1-2-12-6(4)5-3-10-7(9)11-5/h1-3H,(H3,9,10,11). The summed E-state index contributed by atoms with van der Waals surface area (Å²) in [6, 6.07) is 1.85. The quantitative estimate of drug-likeness (QED) is 0.741. The number of anilines is 1. The predicted molar refractivity (Wildman–Crippen MR) is 51.3 cm³/mol. The van der Waals surface area contributed by atoms with E-state index in [4.69, 9.17) is 17.3 Å². The Morgan fingerprint density at radius 1 is 1.58 bits per heavy atom. The largest absolute Gasteiger partial charge is 0.369 e. The zero-order chi connectivity index (χ0) is 8.55. The number of aromatic amines is 1. The normalized spacial score (nSPS) is 10.4. The molecule has 2 heterocycles. The molecule has 2 rings (SSSR count). The predicted octanol–water partition coefficient (Wildman–Crippen LogP) is 2.37. The Bertz CT molecular complexity index is 393. The van der Waals surface area contributed by atoms with Crippen molar-refractivity contribution in [3.63, 3.8) is 0 Å². The number of nitrogen functional groups attached to an aromatic ring is 1. The van der Waals surface area contributed by atoms with Gasteiger partial charge in [-0.25, -0.2) is 4.98 Å². The van der Waals surface area contributed by atoms with Crippen LogP contribution in [0, 0.1) is 0 Å². The molecule has 0 unspecified atom stereocenters. The topological polar surface area (TPSA) is 54.7 Å². The summed E-state index contributed by atoms with van der Waals surface area (Å²) in [7, 11) is 0. The number of thiophene rings is 1. The van der Waals surface area contributed by atoms with Crippen molar-refractivity contribution in [2.24, 2.45) is 0 Å². The molecule has 0 spiro atoms. The third kappa shape index (κ3) is 1.19. The Morgan fingerprint density at radius 3 is 2.92 bits per heavy atom. The number of hydrogen-bond acceptors (Lipinski definition) is 3. The number of halogens is 1. The second kappa shape index (κ2) is 2.80. The van der Waals surface area contributed by atoms with E-state index in [2.05, 4.69) is 9.97 Å². The Kier molecular flexibility index (Phi) is 1.78. The van der Waals surface area contributed by atoms with Crippen molar-refractivity contribution in [2.45, 2.75) is 0 Å². The molecular formula is C7H6ClN3S. The molecule has 0 aliphatic carbocycles. The van der Waals surface area contributed by atoms with E-state index in [0.717, 1.165) is 15.6 Å². The molecule has 0 saturated heterocycles. The summed E-state index contributed by atoms with van der Waals surface area (Å²) in [6.45, 7) is 0. The number of rotatable bonds is 1. The molecule has 0 saturated carbocycles. The number of H-pyrrole nitrogens is 1. The van der Waals surface area contributed by atoms with Gasteiger partial charge < -0.3 is 10.7 Å². The van der Waals surface area contributed by atoms with Crippen molar-refractivity contribution >= 4 is 28.9 Å². The number of hydrogen-bond donors (Lipinski definition) is 2. The van der Waals surface area contributed by atoms with Gasteiger partial charge in [0.2, 0.25) is 0 Å². The highest BCUT2D eigenvalue weighted by Gasteiger charge is 2.06. The van der Waals surface area contributed by atoms with Gasteiger partial charge in [0.1, 0.15) is 0 Å². The molecule has 62 valence electrons. The van der Waals surface area contributed by atoms with E-state index in [1.165, 1.54) is 0 Å². The summed E-state index contributed by atoms with van der Waals surface area (Å²) >= 11 is 7.46. The third-order valence-corrected chi connectivity index (χ3v) is 2.83. The minimum atomic E-state index is 0.412. The summed E-state index contributed by atoms with van der Waals surface area (Å²) in [5.74, 6) is 0.412. The lowest BCUT2D eigenvalue weighted by Gasteiger charge is -1.90. The summed E-state index contributed by atoms with van der Waals surface area (Å²) in [5.41, 5.74) is 6.30. The molecule has 0 bridgehead atoms. The fourth-order valence-corrected chi connectivity index (χ4v) is 2.06. The highest BCUT2D eigenvalue weighted by molar-refractivity contribution is 7.14. The lowest BCUT2D eigenvalue weighted by atomic mass is 10.4. The highest BCUT2D eigenvalue weighted by Crippen LogP contribution is 2.31. The Morgan fingerprint density at radius 2 is 2.42 bits per heavy atom. The molecule has 0 radical (unpaired) electrons. The molecule has 2 aromatic rings. The maximum atomic E-state index is 5.91. The second-order valence-electron chi connectivity index (χ2n) is 2.28. The smallest absolute Gasteiger partial charge is 0.197 e. The number of imidazole rings is 1. The van der Waals surface area contributed by atoms with Crippen molar-refractivity contribution in [2.75, 3.05) is 5.73 Å². The van der Waals surface area contributed by atoms with Gasteiger partial charge in [-0.15, -0.1) is 11.3 Å². The Labute approximate surface area is 78.2 Å². The fourth-order valence-electron chi connectivity index (χ4n) is 0.938. The van der Waals surface area contributed by atoms with Gasteiger partial charge in [0.25, 0.3) is 0 Å². The molecule has 3 N–H and O–H groups in total. The third-order valence-electron chi connectivity index (χ3n) is 1.46. The zero-order valence-electron chi connectivity index (χ0n) is 6.04. The van der Waals surface area contributed by atoms with Crippen LogP contribution in [0.25, 0.3) is 10.6 Å². The monoisotopic (exact) mass is 199 g/mol. The average Bonchev–Trinajstić information content (AvgIpc) is 2.58. The molecule has 0 aliphatic rings. The molecule has 2 aromatic heterocycles. The zero-order valence-corrected chi connectivity index (χ0v) is 7.62. The van der Waals surface area contributed by atoms with Crippen LogP contribution >= 0.6 is 22.9 Å². The van der Waals surface area contributed by atoms with Gasteiger partial charge in [0, 0.05) is 0 Å². The van der Waals surface area contributed by atoms with Crippen LogP contribution in [0.3, 0.4) is 0 Å². The first kappa shape index (κ1) is 7.64. The Balaban J connectivity index is 2.50. The molecule has 0 amide bonds. The number of nitrogens with zero attached hydrogens (tertiary/aromatic N) is 1. The number of nitrogens with one attached hydrogen (secondary N) is 1. The van der Waals surface area contributed by atoms with Crippen molar-refractivity contribution in [3.8, 4) is 10.6 Å². The molecule has 12 heavy (non-hydrogen) atoms. The SMILES string of the molecule is Nc1ncc(-c2sccc2Cl)[nH]1.